The van der Waals surface area contributed by atoms with Gasteiger partial charge in [0.05, 0.1) is 42.9 Å². The summed E-state index contributed by atoms with van der Waals surface area (Å²) < 4.78 is 16.1. The van der Waals surface area contributed by atoms with Crippen LogP contribution in [-0.4, -0.2) is 47.5 Å². The molecule has 1 aliphatic heterocycles. The molecule has 1 N–H and O–H groups in total. The smallest absolute Gasteiger partial charge is 0.257 e. The second-order valence-electron chi connectivity index (χ2n) is 8.88. The molecule has 1 fully saturated rings. The second kappa shape index (κ2) is 9.79. The van der Waals surface area contributed by atoms with Crippen LogP contribution in [0.3, 0.4) is 0 Å². The molecule has 1 aromatic carbocycles. The topological polar surface area (TPSA) is 102 Å². The Kier molecular flexibility index (Phi) is 6.57. The number of thiophene rings is 1. The zero-order valence-electron chi connectivity index (χ0n) is 20.1. The highest BCUT2D eigenvalue weighted by atomic mass is 32.1. The molecule has 1 unspecified atom stereocenters. The van der Waals surface area contributed by atoms with Crippen molar-refractivity contribution < 1.29 is 18.8 Å². The third-order valence-electron chi connectivity index (χ3n) is 6.75. The Morgan fingerprint density at radius 1 is 1.23 bits per heavy atom. The van der Waals surface area contributed by atoms with Gasteiger partial charge in [-0.15, -0.1) is 11.3 Å². The maximum atomic E-state index is 13.6. The Morgan fingerprint density at radius 2 is 2.03 bits per heavy atom. The van der Waals surface area contributed by atoms with Gasteiger partial charge in [0, 0.05) is 13.3 Å². The molecule has 1 amide bonds. The minimum absolute atomic E-state index is 0.108. The predicted molar refractivity (Wildman–Crippen MR) is 132 cm³/mol. The summed E-state index contributed by atoms with van der Waals surface area (Å²) in [5, 5.41) is 16.0. The summed E-state index contributed by atoms with van der Waals surface area (Å²) in [4.78, 5) is 19.1. The fourth-order valence-corrected chi connectivity index (χ4v) is 5.65. The Hall–Kier alpha value is -3.24. The van der Waals surface area contributed by atoms with E-state index in [9.17, 15) is 4.79 Å². The first kappa shape index (κ1) is 23.5. The zero-order chi connectivity index (χ0) is 24.4. The lowest BCUT2D eigenvalue weighted by atomic mass is 9.96. The number of carbonyl (C=O) groups excluding carboxylic acids is 1. The van der Waals surface area contributed by atoms with Crippen molar-refractivity contribution in [3.63, 3.8) is 0 Å². The van der Waals surface area contributed by atoms with E-state index in [1.54, 1.807) is 37.5 Å². The number of hydrazone groups is 1. The summed E-state index contributed by atoms with van der Waals surface area (Å²) in [6.45, 7) is 1.90. The molecule has 1 saturated carbocycles. The summed E-state index contributed by atoms with van der Waals surface area (Å²) in [5.74, 6) is 2.31. The number of methoxy groups -OCH3 is 2. The minimum atomic E-state index is -0.452. The first-order chi connectivity index (χ1) is 17.0. The Balaban J connectivity index is 1.41. The molecule has 1 aliphatic carbocycles. The molecule has 3 aromatic rings. The van der Waals surface area contributed by atoms with E-state index >= 15 is 0 Å². The molecule has 0 spiro atoms. The van der Waals surface area contributed by atoms with Gasteiger partial charge in [0.25, 0.3) is 5.91 Å². The van der Waals surface area contributed by atoms with E-state index in [1.165, 1.54) is 0 Å². The van der Waals surface area contributed by atoms with Crippen molar-refractivity contribution in [1.82, 2.24) is 20.5 Å². The van der Waals surface area contributed by atoms with Gasteiger partial charge in [-0.05, 0) is 42.0 Å². The molecule has 5 rings (SSSR count). The van der Waals surface area contributed by atoms with E-state index in [1.807, 2.05) is 35.7 Å². The highest BCUT2D eigenvalue weighted by Crippen LogP contribution is 2.39. The van der Waals surface area contributed by atoms with Crippen LogP contribution in [0.4, 0.5) is 0 Å². The number of hydrogen-bond acceptors (Lipinski definition) is 9. The van der Waals surface area contributed by atoms with E-state index < -0.39 is 5.54 Å². The molecule has 35 heavy (non-hydrogen) atoms. The van der Waals surface area contributed by atoms with Gasteiger partial charge in [-0.25, -0.2) is 5.01 Å². The SMILES string of the molecule is COc1ccc(C2CC(c3cccs3)=NN2C(=O)CNC2(c3noc(C)n3)CCCC2)cc1OC. The molecular formula is C25H29N5O4S. The number of carbonyl (C=O) groups is 1. The van der Waals surface area contributed by atoms with Crippen LogP contribution in [0.1, 0.15) is 60.3 Å². The van der Waals surface area contributed by atoms with Crippen LogP contribution in [0.25, 0.3) is 0 Å². The van der Waals surface area contributed by atoms with Crippen molar-refractivity contribution in [1.29, 1.82) is 0 Å². The van der Waals surface area contributed by atoms with Crippen molar-refractivity contribution in [2.24, 2.45) is 5.10 Å². The minimum Gasteiger partial charge on any atom is -0.493 e. The van der Waals surface area contributed by atoms with Gasteiger partial charge in [0.15, 0.2) is 17.3 Å². The largest absolute Gasteiger partial charge is 0.493 e. The molecule has 0 saturated heterocycles. The molecule has 2 aliphatic rings. The number of aryl methyl sites for hydroxylation is 1. The van der Waals surface area contributed by atoms with Crippen molar-refractivity contribution in [2.45, 2.75) is 50.6 Å². The molecule has 10 heteroatoms. The van der Waals surface area contributed by atoms with Gasteiger partial charge in [-0.3, -0.25) is 10.1 Å². The average Bonchev–Trinajstić information content (AvgIpc) is 3.68. The number of benzene rings is 1. The predicted octanol–water partition coefficient (Wildman–Crippen LogP) is 4.19. The fourth-order valence-electron chi connectivity index (χ4n) is 4.93. The van der Waals surface area contributed by atoms with Crippen LogP contribution in [0.5, 0.6) is 11.5 Å². The molecule has 2 aromatic heterocycles. The molecular weight excluding hydrogens is 466 g/mol. The fraction of sp³-hybridized carbons (Fsp3) is 0.440. The maximum absolute atomic E-state index is 13.6. The maximum Gasteiger partial charge on any atom is 0.257 e. The van der Waals surface area contributed by atoms with Gasteiger partial charge in [0.1, 0.15) is 0 Å². The van der Waals surface area contributed by atoms with E-state index in [2.05, 4.69) is 15.5 Å². The molecule has 0 radical (unpaired) electrons. The monoisotopic (exact) mass is 495 g/mol. The van der Waals surface area contributed by atoms with Gasteiger partial charge >= 0.3 is 0 Å². The Morgan fingerprint density at radius 3 is 2.69 bits per heavy atom. The van der Waals surface area contributed by atoms with Crippen molar-refractivity contribution >= 4 is 23.0 Å². The summed E-state index contributed by atoms with van der Waals surface area (Å²) in [5.41, 5.74) is 1.39. The van der Waals surface area contributed by atoms with E-state index in [-0.39, 0.29) is 18.5 Å². The van der Waals surface area contributed by atoms with Crippen LogP contribution in [0.2, 0.25) is 0 Å². The first-order valence-corrected chi connectivity index (χ1v) is 12.6. The summed E-state index contributed by atoms with van der Waals surface area (Å²) in [6, 6.07) is 9.54. The van der Waals surface area contributed by atoms with E-state index in [0.29, 0.717) is 29.6 Å². The average molecular weight is 496 g/mol. The summed E-state index contributed by atoms with van der Waals surface area (Å²) in [6.07, 6.45) is 4.45. The van der Waals surface area contributed by atoms with E-state index in [4.69, 9.17) is 19.1 Å². The molecule has 0 bridgehead atoms. The van der Waals surface area contributed by atoms with Crippen LogP contribution >= 0.6 is 11.3 Å². The van der Waals surface area contributed by atoms with Gasteiger partial charge in [-0.2, -0.15) is 10.1 Å². The molecule has 9 nitrogen and oxygen atoms in total. The van der Waals surface area contributed by atoms with E-state index in [0.717, 1.165) is 41.8 Å². The number of hydrogen-bond donors (Lipinski definition) is 1. The Labute approximate surface area is 208 Å². The van der Waals surface area contributed by atoms with Gasteiger partial charge < -0.3 is 14.0 Å². The lowest BCUT2D eigenvalue weighted by molar-refractivity contribution is -0.132. The lowest BCUT2D eigenvalue weighted by Crippen LogP contribution is -2.46. The second-order valence-corrected chi connectivity index (χ2v) is 9.82. The van der Waals surface area contributed by atoms with Crippen molar-refractivity contribution in [3.8, 4) is 11.5 Å². The molecule has 184 valence electrons. The number of nitrogens with one attached hydrogen (secondary N) is 1. The van der Waals surface area contributed by atoms with Gasteiger partial charge in [-0.1, -0.05) is 30.1 Å². The van der Waals surface area contributed by atoms with Crippen LogP contribution in [0.15, 0.2) is 45.3 Å². The third kappa shape index (κ3) is 4.55. The highest BCUT2D eigenvalue weighted by Gasteiger charge is 2.41. The first-order valence-electron chi connectivity index (χ1n) is 11.7. The summed E-state index contributed by atoms with van der Waals surface area (Å²) in [7, 11) is 3.22. The molecule has 1 atom stereocenters. The number of amides is 1. The van der Waals surface area contributed by atoms with Crippen molar-refractivity contribution in [2.75, 3.05) is 20.8 Å². The third-order valence-corrected chi connectivity index (χ3v) is 7.67. The van der Waals surface area contributed by atoms with Gasteiger partial charge in [0.2, 0.25) is 5.89 Å². The molecule has 3 heterocycles. The number of rotatable bonds is 8. The van der Waals surface area contributed by atoms with Crippen LogP contribution < -0.4 is 14.8 Å². The number of aromatic nitrogens is 2. The van der Waals surface area contributed by atoms with Crippen LogP contribution in [0, 0.1) is 6.92 Å². The zero-order valence-corrected chi connectivity index (χ0v) is 20.9. The quantitative estimate of drug-likeness (QED) is 0.500. The number of ether oxygens (including phenoxy) is 2. The summed E-state index contributed by atoms with van der Waals surface area (Å²) >= 11 is 1.62. The van der Waals surface area contributed by atoms with Crippen LogP contribution in [-0.2, 0) is 10.3 Å². The van der Waals surface area contributed by atoms with Crippen molar-refractivity contribution in [3.05, 3.63) is 57.9 Å². The highest BCUT2D eigenvalue weighted by molar-refractivity contribution is 7.12. The Bertz CT molecular complexity index is 1220. The standard InChI is InChI=1S/C25H29N5O4S/c1-16-27-24(29-34-16)25(10-4-5-11-25)26-15-23(31)30-19(14-18(28-30)22-7-6-12-35-22)17-8-9-20(32-2)21(13-17)33-3/h6-9,12-13,19,26H,4-5,10-11,14-15H2,1-3H3. The lowest BCUT2D eigenvalue weighted by Gasteiger charge is -2.29. The number of nitrogens with zero attached hydrogens (tertiary/aromatic N) is 4. The normalized spacial score (nSPS) is 19.1.